The highest BCUT2D eigenvalue weighted by Gasteiger charge is 2.31. The van der Waals surface area contributed by atoms with Gasteiger partial charge in [0.25, 0.3) is 11.8 Å². The Balaban J connectivity index is 1.58. The number of halogens is 2. The first-order chi connectivity index (χ1) is 13.0. The van der Waals surface area contributed by atoms with Crippen LogP contribution in [0, 0.1) is 6.92 Å². The van der Waals surface area contributed by atoms with Crippen LogP contribution in [0.2, 0.25) is 10.0 Å². The van der Waals surface area contributed by atoms with Gasteiger partial charge in [-0.1, -0.05) is 35.3 Å². The van der Waals surface area contributed by atoms with Gasteiger partial charge >= 0.3 is 0 Å². The van der Waals surface area contributed by atoms with Gasteiger partial charge in [0, 0.05) is 10.6 Å². The lowest BCUT2D eigenvalue weighted by atomic mass is 10.1. The van der Waals surface area contributed by atoms with E-state index in [0.29, 0.717) is 39.2 Å². The highest BCUT2D eigenvalue weighted by Crippen LogP contribution is 2.37. The number of hydrogen-bond donors (Lipinski definition) is 1. The Kier molecular flexibility index (Phi) is 4.63. The average molecular weight is 418 g/mol. The third kappa shape index (κ3) is 3.20. The minimum Gasteiger partial charge on any atom is -0.321 e. The fourth-order valence-electron chi connectivity index (χ4n) is 3.03. The van der Waals surface area contributed by atoms with Crippen molar-refractivity contribution >= 4 is 57.7 Å². The van der Waals surface area contributed by atoms with Crippen LogP contribution in [0.4, 0.5) is 11.4 Å². The van der Waals surface area contributed by atoms with E-state index < -0.39 is 0 Å². The summed E-state index contributed by atoms with van der Waals surface area (Å²) < 4.78 is 0. The van der Waals surface area contributed by atoms with E-state index in [9.17, 15) is 9.59 Å². The second-order valence-corrected chi connectivity index (χ2v) is 7.92. The molecule has 27 heavy (non-hydrogen) atoms. The fraction of sp³-hybridized carbons (Fsp3) is 0.105. The van der Waals surface area contributed by atoms with Crippen LogP contribution in [-0.4, -0.2) is 16.8 Å². The van der Waals surface area contributed by atoms with Crippen LogP contribution in [0.15, 0.2) is 41.9 Å². The highest BCUT2D eigenvalue weighted by atomic mass is 35.5. The number of nitrogens with zero attached hydrogens (tertiary/aromatic N) is 2. The summed E-state index contributed by atoms with van der Waals surface area (Å²) in [6.45, 7) is 2.24. The van der Waals surface area contributed by atoms with Crippen molar-refractivity contribution in [2.75, 3.05) is 10.2 Å². The van der Waals surface area contributed by atoms with Crippen molar-refractivity contribution in [1.29, 1.82) is 0 Å². The summed E-state index contributed by atoms with van der Waals surface area (Å²) in [6.07, 6.45) is 0. The summed E-state index contributed by atoms with van der Waals surface area (Å²) in [6, 6.07) is 10.4. The number of carbonyl (C=O) groups is 2. The maximum absolute atomic E-state index is 12.7. The van der Waals surface area contributed by atoms with Crippen molar-refractivity contribution in [3.8, 4) is 0 Å². The molecule has 0 saturated heterocycles. The molecule has 0 saturated carbocycles. The SMILES string of the molecule is Cc1scnc1C(=O)Nc1ccc(N2Cc3cccc(Cl)c3C2=O)c(Cl)c1. The predicted molar refractivity (Wildman–Crippen MR) is 108 cm³/mol. The zero-order chi connectivity index (χ0) is 19.1. The normalized spacial score (nSPS) is 13.0. The van der Waals surface area contributed by atoms with Crippen molar-refractivity contribution in [3.63, 3.8) is 0 Å². The zero-order valence-corrected chi connectivity index (χ0v) is 16.5. The third-order valence-electron chi connectivity index (χ3n) is 4.34. The van der Waals surface area contributed by atoms with E-state index in [4.69, 9.17) is 23.2 Å². The molecule has 2 aromatic carbocycles. The number of rotatable bonds is 3. The van der Waals surface area contributed by atoms with Gasteiger partial charge in [0.1, 0.15) is 5.69 Å². The van der Waals surface area contributed by atoms with Crippen molar-refractivity contribution in [2.45, 2.75) is 13.5 Å². The topological polar surface area (TPSA) is 62.3 Å². The minimum atomic E-state index is -0.297. The van der Waals surface area contributed by atoms with Gasteiger partial charge in [0.15, 0.2) is 0 Å². The molecule has 0 fully saturated rings. The maximum atomic E-state index is 12.7. The summed E-state index contributed by atoms with van der Waals surface area (Å²) >= 11 is 14.0. The first-order valence-electron chi connectivity index (χ1n) is 8.06. The van der Waals surface area contributed by atoms with Gasteiger partial charge in [-0.05, 0) is 36.8 Å². The second kappa shape index (κ2) is 6.96. The lowest BCUT2D eigenvalue weighted by Crippen LogP contribution is -2.23. The van der Waals surface area contributed by atoms with E-state index in [0.717, 1.165) is 10.4 Å². The van der Waals surface area contributed by atoms with Crippen LogP contribution >= 0.6 is 34.5 Å². The number of amides is 2. The molecule has 1 N–H and O–H groups in total. The van der Waals surface area contributed by atoms with Crippen LogP contribution in [0.5, 0.6) is 0 Å². The average Bonchev–Trinajstić information content (AvgIpc) is 3.19. The molecule has 8 heteroatoms. The Morgan fingerprint density at radius 1 is 1.22 bits per heavy atom. The monoisotopic (exact) mass is 417 g/mol. The van der Waals surface area contributed by atoms with Gasteiger partial charge in [-0.15, -0.1) is 11.3 Å². The summed E-state index contributed by atoms with van der Waals surface area (Å²) in [5.74, 6) is -0.485. The van der Waals surface area contributed by atoms with E-state index in [-0.39, 0.29) is 11.8 Å². The van der Waals surface area contributed by atoms with Crippen LogP contribution < -0.4 is 10.2 Å². The largest absolute Gasteiger partial charge is 0.321 e. The molecule has 2 amide bonds. The number of anilines is 2. The summed E-state index contributed by atoms with van der Waals surface area (Å²) in [4.78, 5) is 31.5. The van der Waals surface area contributed by atoms with Crippen LogP contribution in [0.1, 0.15) is 31.3 Å². The number of benzene rings is 2. The minimum absolute atomic E-state index is 0.188. The molecule has 4 rings (SSSR count). The number of fused-ring (bicyclic) bond motifs is 1. The zero-order valence-electron chi connectivity index (χ0n) is 14.1. The van der Waals surface area contributed by atoms with Crippen LogP contribution in [0.25, 0.3) is 0 Å². The van der Waals surface area contributed by atoms with Gasteiger partial charge < -0.3 is 10.2 Å². The number of thiazole rings is 1. The van der Waals surface area contributed by atoms with Crippen LogP contribution in [-0.2, 0) is 6.54 Å². The molecule has 0 atom stereocenters. The third-order valence-corrected chi connectivity index (χ3v) is 5.72. The highest BCUT2D eigenvalue weighted by molar-refractivity contribution is 7.09. The van der Waals surface area contributed by atoms with E-state index >= 15 is 0 Å². The molecule has 5 nitrogen and oxygen atoms in total. The molecule has 1 aliphatic heterocycles. The van der Waals surface area contributed by atoms with Gasteiger partial charge in [-0.25, -0.2) is 4.98 Å². The summed E-state index contributed by atoms with van der Waals surface area (Å²) in [5.41, 5.74) is 4.48. The Morgan fingerprint density at radius 2 is 2.04 bits per heavy atom. The number of nitrogens with one attached hydrogen (secondary N) is 1. The summed E-state index contributed by atoms with van der Waals surface area (Å²) in [5, 5.41) is 3.57. The molecule has 1 aliphatic rings. The predicted octanol–water partition coefficient (Wildman–Crippen LogP) is 5.17. The molecule has 1 aromatic heterocycles. The Morgan fingerprint density at radius 3 is 2.70 bits per heavy atom. The van der Waals surface area contributed by atoms with Gasteiger partial charge in [0.2, 0.25) is 0 Å². The van der Waals surface area contributed by atoms with Crippen molar-refractivity contribution in [1.82, 2.24) is 4.98 Å². The van der Waals surface area contributed by atoms with E-state index in [1.807, 2.05) is 19.1 Å². The number of aryl methyl sites for hydroxylation is 1. The number of carbonyl (C=O) groups excluding carboxylic acids is 2. The molecule has 2 heterocycles. The standard InChI is InChI=1S/C19H13Cl2N3O2S/c1-10-17(22-9-27-10)18(25)23-12-5-6-15(14(21)7-12)24-8-11-3-2-4-13(20)16(11)19(24)26/h2-7,9H,8H2,1H3,(H,23,25). The molecule has 0 bridgehead atoms. The Bertz CT molecular complexity index is 1080. The molecular weight excluding hydrogens is 405 g/mol. The van der Waals surface area contributed by atoms with E-state index in [1.54, 1.807) is 34.7 Å². The quantitative estimate of drug-likeness (QED) is 0.638. The number of hydrogen-bond acceptors (Lipinski definition) is 4. The molecule has 136 valence electrons. The summed E-state index contributed by atoms with van der Waals surface area (Å²) in [7, 11) is 0. The first-order valence-corrected chi connectivity index (χ1v) is 9.69. The van der Waals surface area contributed by atoms with Crippen molar-refractivity contribution < 1.29 is 9.59 Å². The number of aromatic nitrogens is 1. The van der Waals surface area contributed by atoms with Crippen molar-refractivity contribution in [3.05, 3.63) is 73.7 Å². The van der Waals surface area contributed by atoms with Gasteiger partial charge in [0.05, 0.1) is 33.4 Å². The second-order valence-electron chi connectivity index (χ2n) is 6.04. The molecule has 3 aromatic rings. The first kappa shape index (κ1) is 18.0. The maximum Gasteiger partial charge on any atom is 0.275 e. The van der Waals surface area contributed by atoms with E-state index in [2.05, 4.69) is 10.3 Å². The molecule has 0 aliphatic carbocycles. The molecule has 0 radical (unpaired) electrons. The smallest absolute Gasteiger partial charge is 0.275 e. The Labute approximate surface area is 169 Å². The van der Waals surface area contributed by atoms with Gasteiger partial charge in [-0.2, -0.15) is 0 Å². The Hall–Kier alpha value is -2.41. The van der Waals surface area contributed by atoms with Gasteiger partial charge in [-0.3, -0.25) is 9.59 Å². The fourth-order valence-corrected chi connectivity index (χ4v) is 4.16. The lowest BCUT2D eigenvalue weighted by Gasteiger charge is -2.18. The van der Waals surface area contributed by atoms with Crippen LogP contribution in [0.3, 0.4) is 0 Å². The molecule has 0 spiro atoms. The van der Waals surface area contributed by atoms with Crippen molar-refractivity contribution in [2.24, 2.45) is 0 Å². The lowest BCUT2D eigenvalue weighted by molar-refractivity contribution is 0.0994. The molecular formula is C19H13Cl2N3O2S. The van der Waals surface area contributed by atoms with E-state index in [1.165, 1.54) is 11.3 Å². The molecule has 0 unspecified atom stereocenters.